The van der Waals surface area contributed by atoms with Crippen LogP contribution in [0.5, 0.6) is 0 Å². The monoisotopic (exact) mass is 360 g/mol. The van der Waals surface area contributed by atoms with Gasteiger partial charge in [-0.05, 0) is 31.0 Å². The Morgan fingerprint density at radius 1 is 1.29 bits per heavy atom. The molecule has 0 aromatic heterocycles. The molecule has 1 aromatic carbocycles. The Balaban J connectivity index is 0.00000208. The van der Waals surface area contributed by atoms with Crippen LogP contribution < -0.4 is 5.32 Å². The molecule has 1 N–H and O–H groups in total. The number of amides is 1. The molecule has 1 saturated carbocycles. The lowest BCUT2D eigenvalue weighted by atomic mass is 10.1. The first kappa shape index (κ1) is 19.1. The lowest BCUT2D eigenvalue weighted by Gasteiger charge is -2.34. The number of ether oxygens (including phenoxy) is 1. The molecule has 7 heteroatoms. The molecule has 24 heavy (non-hydrogen) atoms. The molecule has 2 aliphatic rings. The van der Waals surface area contributed by atoms with Crippen LogP contribution in [0.2, 0.25) is 0 Å². The van der Waals surface area contributed by atoms with Crippen LogP contribution in [0, 0.1) is 11.6 Å². The van der Waals surface area contributed by atoms with E-state index in [-0.39, 0.29) is 36.5 Å². The summed E-state index contributed by atoms with van der Waals surface area (Å²) in [6, 6.07) is 3.45. The van der Waals surface area contributed by atoms with E-state index in [4.69, 9.17) is 4.74 Å². The first-order valence-corrected chi connectivity index (χ1v) is 8.22. The summed E-state index contributed by atoms with van der Waals surface area (Å²) < 4.78 is 33.0. The van der Waals surface area contributed by atoms with Gasteiger partial charge in [-0.1, -0.05) is 12.8 Å². The van der Waals surface area contributed by atoms with E-state index in [1.165, 1.54) is 6.07 Å². The second-order valence-electron chi connectivity index (χ2n) is 6.20. The molecule has 1 amide bonds. The molecule has 1 aromatic rings. The number of carbonyl (C=O) groups excluding carboxylic acids is 1. The molecule has 1 saturated heterocycles. The molecule has 1 aliphatic carbocycles. The number of rotatable bonds is 4. The minimum Gasteiger partial charge on any atom is -0.366 e. The molecule has 1 heterocycles. The third-order valence-corrected chi connectivity index (χ3v) is 4.60. The summed E-state index contributed by atoms with van der Waals surface area (Å²) in [4.78, 5) is 14.5. The highest BCUT2D eigenvalue weighted by molar-refractivity contribution is 5.85. The highest BCUT2D eigenvalue weighted by atomic mass is 35.5. The molecule has 4 nitrogen and oxygen atoms in total. The maximum atomic E-state index is 14.0. The average molecular weight is 361 g/mol. The SMILES string of the molecule is Cl.O=C(C1CNCCO1)N(Cc1cc(F)ccc1F)C1CCCC1. The fourth-order valence-electron chi connectivity index (χ4n) is 3.36. The van der Waals surface area contributed by atoms with Crippen molar-refractivity contribution in [3.63, 3.8) is 0 Å². The van der Waals surface area contributed by atoms with Gasteiger partial charge < -0.3 is 15.0 Å². The third-order valence-electron chi connectivity index (χ3n) is 4.60. The number of morpholine rings is 1. The predicted octanol–water partition coefficient (Wildman–Crippen LogP) is 2.65. The van der Waals surface area contributed by atoms with Crippen molar-refractivity contribution in [3.05, 3.63) is 35.4 Å². The number of hydrogen-bond donors (Lipinski definition) is 1. The molecule has 3 rings (SSSR count). The van der Waals surface area contributed by atoms with Gasteiger partial charge >= 0.3 is 0 Å². The zero-order valence-corrected chi connectivity index (χ0v) is 14.3. The van der Waals surface area contributed by atoms with Gasteiger partial charge in [0.25, 0.3) is 5.91 Å². The Kier molecular flexibility index (Phi) is 6.95. The molecule has 0 spiro atoms. The zero-order chi connectivity index (χ0) is 16.2. The van der Waals surface area contributed by atoms with Gasteiger partial charge in [0.1, 0.15) is 17.7 Å². The summed E-state index contributed by atoms with van der Waals surface area (Å²) >= 11 is 0. The largest absolute Gasteiger partial charge is 0.366 e. The van der Waals surface area contributed by atoms with Crippen molar-refractivity contribution < 1.29 is 18.3 Å². The number of halogens is 3. The topological polar surface area (TPSA) is 41.6 Å². The van der Waals surface area contributed by atoms with E-state index in [1.54, 1.807) is 4.90 Å². The van der Waals surface area contributed by atoms with Gasteiger partial charge in [-0.15, -0.1) is 12.4 Å². The lowest BCUT2D eigenvalue weighted by molar-refractivity contribution is -0.148. The molecule has 1 aliphatic heterocycles. The molecular formula is C17H23ClF2N2O2. The molecule has 0 bridgehead atoms. The van der Waals surface area contributed by atoms with Crippen LogP contribution in [-0.4, -0.2) is 42.6 Å². The second-order valence-corrected chi connectivity index (χ2v) is 6.20. The summed E-state index contributed by atoms with van der Waals surface area (Å²) in [6.07, 6.45) is 3.39. The van der Waals surface area contributed by atoms with Gasteiger partial charge in [-0.2, -0.15) is 0 Å². The van der Waals surface area contributed by atoms with E-state index < -0.39 is 17.7 Å². The van der Waals surface area contributed by atoms with Gasteiger partial charge in [0.2, 0.25) is 0 Å². The third kappa shape index (κ3) is 4.43. The van der Waals surface area contributed by atoms with Crippen LogP contribution >= 0.6 is 12.4 Å². The van der Waals surface area contributed by atoms with Gasteiger partial charge in [-0.25, -0.2) is 8.78 Å². The summed E-state index contributed by atoms with van der Waals surface area (Å²) in [7, 11) is 0. The lowest BCUT2D eigenvalue weighted by Crippen LogP contribution is -2.51. The van der Waals surface area contributed by atoms with Gasteiger partial charge in [-0.3, -0.25) is 4.79 Å². The molecule has 2 fully saturated rings. The Morgan fingerprint density at radius 3 is 2.71 bits per heavy atom. The van der Waals surface area contributed by atoms with Crippen LogP contribution in [0.1, 0.15) is 31.2 Å². The molecule has 1 atom stereocenters. The minimum absolute atomic E-state index is 0. The van der Waals surface area contributed by atoms with Crippen molar-refractivity contribution in [3.8, 4) is 0 Å². The van der Waals surface area contributed by atoms with Gasteiger partial charge in [0.15, 0.2) is 0 Å². The number of nitrogens with zero attached hydrogens (tertiary/aromatic N) is 1. The van der Waals surface area contributed by atoms with Crippen molar-refractivity contribution in [1.29, 1.82) is 0 Å². The Bertz CT molecular complexity index is 562. The fourth-order valence-corrected chi connectivity index (χ4v) is 3.36. The van der Waals surface area contributed by atoms with E-state index >= 15 is 0 Å². The van der Waals surface area contributed by atoms with Crippen molar-refractivity contribution >= 4 is 18.3 Å². The van der Waals surface area contributed by atoms with Gasteiger partial charge in [0.05, 0.1) is 6.61 Å². The van der Waals surface area contributed by atoms with Crippen LogP contribution in [0.4, 0.5) is 8.78 Å². The van der Waals surface area contributed by atoms with E-state index in [9.17, 15) is 13.6 Å². The molecule has 1 unspecified atom stereocenters. The number of nitrogens with one attached hydrogen (secondary N) is 1. The van der Waals surface area contributed by atoms with Crippen molar-refractivity contribution in [2.75, 3.05) is 19.7 Å². The summed E-state index contributed by atoms with van der Waals surface area (Å²) in [5, 5.41) is 3.14. The normalized spacial score (nSPS) is 21.3. The first-order valence-electron chi connectivity index (χ1n) is 8.22. The van der Waals surface area contributed by atoms with E-state index in [0.717, 1.165) is 44.4 Å². The number of hydrogen-bond acceptors (Lipinski definition) is 3. The van der Waals surface area contributed by atoms with E-state index in [2.05, 4.69) is 5.32 Å². The second kappa shape index (κ2) is 8.74. The standard InChI is InChI=1S/C17H22F2N2O2.ClH/c18-13-5-6-15(19)12(9-13)11-21(14-3-1-2-4-14)17(22)16-10-20-7-8-23-16;/h5-6,9,14,16,20H,1-4,7-8,10-11H2;1H. The van der Waals surface area contributed by atoms with Crippen molar-refractivity contribution in [2.24, 2.45) is 0 Å². The van der Waals surface area contributed by atoms with Crippen LogP contribution in [-0.2, 0) is 16.1 Å². The first-order chi connectivity index (χ1) is 11.1. The predicted molar refractivity (Wildman–Crippen MR) is 89.0 cm³/mol. The average Bonchev–Trinajstić information content (AvgIpc) is 3.10. The number of carbonyl (C=O) groups is 1. The Hall–Kier alpha value is -1.24. The molecule has 0 radical (unpaired) electrons. The highest BCUT2D eigenvalue weighted by Gasteiger charge is 2.33. The van der Waals surface area contributed by atoms with Crippen molar-refractivity contribution in [2.45, 2.75) is 44.4 Å². The van der Waals surface area contributed by atoms with Gasteiger partial charge in [0, 0.05) is 31.2 Å². The van der Waals surface area contributed by atoms with Crippen LogP contribution in [0.15, 0.2) is 18.2 Å². The van der Waals surface area contributed by atoms with E-state index in [1.807, 2.05) is 0 Å². The Morgan fingerprint density at radius 2 is 2.04 bits per heavy atom. The zero-order valence-electron chi connectivity index (χ0n) is 13.5. The summed E-state index contributed by atoms with van der Waals surface area (Å²) in [5.41, 5.74) is 0.217. The molecule has 134 valence electrons. The van der Waals surface area contributed by atoms with Crippen LogP contribution in [0.3, 0.4) is 0 Å². The molecular weight excluding hydrogens is 338 g/mol. The number of benzene rings is 1. The van der Waals surface area contributed by atoms with Crippen molar-refractivity contribution in [1.82, 2.24) is 10.2 Å². The summed E-state index contributed by atoms with van der Waals surface area (Å²) in [6.45, 7) is 1.77. The minimum atomic E-state index is -0.541. The Labute approximate surface area is 147 Å². The summed E-state index contributed by atoms with van der Waals surface area (Å²) in [5.74, 6) is -1.10. The maximum absolute atomic E-state index is 14.0. The maximum Gasteiger partial charge on any atom is 0.253 e. The smallest absolute Gasteiger partial charge is 0.253 e. The van der Waals surface area contributed by atoms with E-state index in [0.29, 0.717) is 13.2 Å². The highest BCUT2D eigenvalue weighted by Crippen LogP contribution is 2.27. The quantitative estimate of drug-likeness (QED) is 0.897. The fraction of sp³-hybridized carbons (Fsp3) is 0.588. The van der Waals surface area contributed by atoms with Crippen LogP contribution in [0.25, 0.3) is 0 Å².